The Morgan fingerprint density at radius 1 is 1.13 bits per heavy atom. The number of hydrogen-bond acceptors (Lipinski definition) is 5. The van der Waals surface area contributed by atoms with Gasteiger partial charge in [-0.1, -0.05) is 37.3 Å². The Hall–Kier alpha value is -2.97. The van der Waals surface area contributed by atoms with Crippen molar-refractivity contribution in [1.82, 2.24) is 9.80 Å². The summed E-state index contributed by atoms with van der Waals surface area (Å²) in [4.78, 5) is 47.6. The second kappa shape index (κ2) is 10.3. The van der Waals surface area contributed by atoms with Crippen LogP contribution in [0.4, 0.5) is 5.69 Å². The van der Waals surface area contributed by atoms with Crippen LogP contribution in [-0.2, 0) is 19.1 Å². The number of likely N-dealkylation sites (tertiary alicyclic amines) is 1. The number of anilines is 1. The van der Waals surface area contributed by atoms with Crippen molar-refractivity contribution in [2.75, 3.05) is 31.1 Å². The van der Waals surface area contributed by atoms with E-state index in [-0.39, 0.29) is 37.4 Å². The highest BCUT2D eigenvalue weighted by Crippen LogP contribution is 2.64. The molecule has 5 atom stereocenters. The number of benzene rings is 1. The fourth-order valence-corrected chi connectivity index (χ4v) is 6.92. The molecule has 3 amide bonds. The van der Waals surface area contributed by atoms with Crippen molar-refractivity contribution in [2.24, 2.45) is 11.8 Å². The highest BCUT2D eigenvalue weighted by Gasteiger charge is 2.79. The van der Waals surface area contributed by atoms with Gasteiger partial charge in [-0.2, -0.15) is 0 Å². The lowest BCUT2D eigenvalue weighted by atomic mass is 9.64. The lowest BCUT2D eigenvalue weighted by molar-refractivity contribution is -0.156. The first-order valence-corrected chi connectivity index (χ1v) is 13.5. The molecular weight excluding hydrogens is 482 g/mol. The lowest BCUT2D eigenvalue weighted by Gasteiger charge is -2.42. The maximum absolute atomic E-state index is 14.4. The zero-order chi connectivity index (χ0) is 27.9. The van der Waals surface area contributed by atoms with Gasteiger partial charge >= 0.3 is 0 Å². The topological polar surface area (TPSA) is 90.4 Å². The number of carbonyl (C=O) groups is 3. The number of para-hydroxylation sites is 1. The number of aliphatic hydroxyl groups is 1. The van der Waals surface area contributed by atoms with Crippen molar-refractivity contribution in [3.63, 3.8) is 0 Å². The molecule has 3 saturated heterocycles. The summed E-state index contributed by atoms with van der Waals surface area (Å²) >= 11 is 0. The van der Waals surface area contributed by atoms with Gasteiger partial charge in [-0.05, 0) is 52.2 Å². The number of nitrogens with zero attached hydrogens (tertiary/aromatic N) is 3. The van der Waals surface area contributed by atoms with Crippen LogP contribution in [0, 0.1) is 11.8 Å². The van der Waals surface area contributed by atoms with E-state index in [1.165, 1.54) is 4.90 Å². The second-order valence-corrected chi connectivity index (χ2v) is 11.6. The minimum Gasteiger partial charge on any atom is -0.395 e. The van der Waals surface area contributed by atoms with Gasteiger partial charge in [0.05, 0.1) is 24.0 Å². The summed E-state index contributed by atoms with van der Waals surface area (Å²) < 4.78 is 6.85. The highest BCUT2D eigenvalue weighted by atomic mass is 16.5. The van der Waals surface area contributed by atoms with Gasteiger partial charge in [0.1, 0.15) is 11.6 Å². The van der Waals surface area contributed by atoms with Crippen LogP contribution in [0.15, 0.2) is 55.6 Å². The molecule has 1 N–H and O–H groups in total. The number of fused-ring (bicyclic) bond motifs is 1. The Balaban J connectivity index is 1.83. The van der Waals surface area contributed by atoms with Crippen molar-refractivity contribution in [2.45, 2.75) is 69.7 Å². The van der Waals surface area contributed by atoms with Crippen LogP contribution in [0.2, 0.25) is 0 Å². The molecule has 1 aromatic carbocycles. The second-order valence-electron chi connectivity index (χ2n) is 11.6. The third kappa shape index (κ3) is 4.18. The quantitative estimate of drug-likeness (QED) is 0.476. The van der Waals surface area contributed by atoms with E-state index in [0.717, 1.165) is 5.69 Å². The zero-order valence-corrected chi connectivity index (χ0v) is 23.1. The molecule has 3 aliphatic heterocycles. The van der Waals surface area contributed by atoms with Crippen molar-refractivity contribution >= 4 is 23.4 Å². The molecule has 38 heavy (non-hydrogen) atoms. The van der Waals surface area contributed by atoms with Gasteiger partial charge in [-0.3, -0.25) is 14.4 Å². The molecule has 0 radical (unpaired) electrons. The molecule has 0 aromatic heterocycles. The van der Waals surface area contributed by atoms with Crippen molar-refractivity contribution < 1.29 is 24.2 Å². The molecule has 8 heteroatoms. The third-order valence-electron chi connectivity index (χ3n) is 8.55. The number of carbonyl (C=O) groups excluding carboxylic acids is 3. The monoisotopic (exact) mass is 523 g/mol. The number of rotatable bonds is 10. The van der Waals surface area contributed by atoms with E-state index in [1.807, 2.05) is 58.0 Å². The van der Waals surface area contributed by atoms with Crippen LogP contribution in [0.1, 0.15) is 47.0 Å². The zero-order valence-electron chi connectivity index (χ0n) is 23.1. The number of hydrogen-bond donors (Lipinski definition) is 1. The fourth-order valence-electron chi connectivity index (χ4n) is 6.92. The third-order valence-corrected chi connectivity index (χ3v) is 8.55. The average Bonchev–Trinajstić information content (AvgIpc) is 3.49. The largest absolute Gasteiger partial charge is 0.395 e. The van der Waals surface area contributed by atoms with Gasteiger partial charge in [0, 0.05) is 30.9 Å². The van der Waals surface area contributed by atoms with Crippen molar-refractivity contribution in [1.29, 1.82) is 0 Å². The summed E-state index contributed by atoms with van der Waals surface area (Å²) in [5, 5.41) is 9.89. The predicted octanol–water partition coefficient (Wildman–Crippen LogP) is 3.17. The number of β-amino-alcohol motifs (C(OH)–C–C–N with tert-alkyl or cyclic N) is 1. The summed E-state index contributed by atoms with van der Waals surface area (Å²) in [7, 11) is 0. The summed E-state index contributed by atoms with van der Waals surface area (Å²) in [6.07, 6.45) is 4.96. The van der Waals surface area contributed by atoms with E-state index in [0.29, 0.717) is 25.8 Å². The smallest absolute Gasteiger partial charge is 0.249 e. The molecule has 8 nitrogen and oxygen atoms in total. The molecule has 4 rings (SSSR count). The number of aliphatic hydroxyl groups excluding tert-OH is 1. The molecule has 2 unspecified atom stereocenters. The molecule has 1 aromatic rings. The van der Waals surface area contributed by atoms with Crippen LogP contribution in [0.25, 0.3) is 0 Å². The van der Waals surface area contributed by atoms with Crippen LogP contribution in [0.3, 0.4) is 0 Å². The van der Waals surface area contributed by atoms with Gasteiger partial charge in [0.15, 0.2) is 0 Å². The Morgan fingerprint density at radius 3 is 2.34 bits per heavy atom. The summed E-state index contributed by atoms with van der Waals surface area (Å²) in [5.41, 5.74) is -1.80. The van der Waals surface area contributed by atoms with E-state index in [2.05, 4.69) is 13.2 Å². The maximum atomic E-state index is 14.4. The Morgan fingerprint density at radius 2 is 1.79 bits per heavy atom. The van der Waals surface area contributed by atoms with Crippen LogP contribution in [-0.4, -0.2) is 81.7 Å². The summed E-state index contributed by atoms with van der Waals surface area (Å²) in [6.45, 7) is 15.8. The first kappa shape index (κ1) is 28.0. The Kier molecular flexibility index (Phi) is 7.60. The SMILES string of the molecule is C=CCN(C(=O)[C@@H]1[C@H]2C(=O)N(CCO)C(C(=O)N(CC=C)C(C)(C)C)C23CC[C@@]1(CC)O3)c1ccccc1. The van der Waals surface area contributed by atoms with Crippen molar-refractivity contribution in [3.05, 3.63) is 55.6 Å². The Labute approximate surface area is 225 Å². The maximum Gasteiger partial charge on any atom is 0.249 e. The van der Waals surface area contributed by atoms with Crippen LogP contribution < -0.4 is 4.90 Å². The molecule has 0 aliphatic carbocycles. The molecule has 206 valence electrons. The normalized spacial score (nSPS) is 29.8. The highest BCUT2D eigenvalue weighted by molar-refractivity contribution is 6.03. The molecule has 0 saturated carbocycles. The van der Waals surface area contributed by atoms with Crippen molar-refractivity contribution in [3.8, 4) is 0 Å². The minimum atomic E-state index is -1.14. The van der Waals surface area contributed by atoms with E-state index in [4.69, 9.17) is 4.74 Å². The number of ether oxygens (including phenoxy) is 1. The van der Waals surface area contributed by atoms with Gasteiger partial charge < -0.3 is 24.5 Å². The van der Waals surface area contributed by atoms with E-state index >= 15 is 0 Å². The van der Waals surface area contributed by atoms with Gasteiger partial charge in [0.2, 0.25) is 17.7 Å². The fraction of sp³-hybridized carbons (Fsp3) is 0.567. The van der Waals surface area contributed by atoms with E-state index in [1.54, 1.807) is 22.0 Å². The number of amides is 3. The lowest BCUT2D eigenvalue weighted by Crippen LogP contribution is -2.60. The van der Waals surface area contributed by atoms with Crippen LogP contribution in [0.5, 0.6) is 0 Å². The molecule has 1 spiro atoms. The van der Waals surface area contributed by atoms with E-state index < -0.39 is 34.6 Å². The predicted molar refractivity (Wildman–Crippen MR) is 146 cm³/mol. The first-order chi connectivity index (χ1) is 18.0. The molecule has 2 bridgehead atoms. The Bertz CT molecular complexity index is 1100. The molecular formula is C30H41N3O5. The summed E-state index contributed by atoms with van der Waals surface area (Å²) in [5.74, 6) is -2.31. The minimum absolute atomic E-state index is 0.00197. The molecule has 3 fully saturated rings. The van der Waals surface area contributed by atoms with Gasteiger partial charge in [-0.15, -0.1) is 13.2 Å². The van der Waals surface area contributed by atoms with E-state index in [9.17, 15) is 19.5 Å². The van der Waals surface area contributed by atoms with Gasteiger partial charge in [-0.25, -0.2) is 0 Å². The molecule has 3 aliphatic rings. The molecule has 3 heterocycles. The standard InChI is InChI=1S/C30H41N3O5/c1-7-17-31(21-13-11-10-12-14-21)25(35)22-23-26(36)32(19-20-34)24(27(37)33(18-8-2)28(4,5)6)30(23)16-15-29(22,9-3)38-30/h7-8,10-14,22-24,34H,1-2,9,15-20H2,3-6H3/t22-,23-,24?,29+,30?/m0/s1. The van der Waals surface area contributed by atoms with Gasteiger partial charge in [0.25, 0.3) is 0 Å². The first-order valence-electron chi connectivity index (χ1n) is 13.5. The average molecular weight is 524 g/mol. The van der Waals surface area contributed by atoms with Crippen LogP contribution >= 0.6 is 0 Å². The summed E-state index contributed by atoms with van der Waals surface area (Å²) in [6, 6.07) is 8.42.